The van der Waals surface area contributed by atoms with Crippen LogP contribution in [0.3, 0.4) is 0 Å². The van der Waals surface area contributed by atoms with Crippen LogP contribution in [0.5, 0.6) is 5.75 Å². The molecule has 0 atom stereocenters. The van der Waals surface area contributed by atoms with Gasteiger partial charge in [-0.15, -0.1) is 0 Å². The van der Waals surface area contributed by atoms with Crippen molar-refractivity contribution in [1.82, 2.24) is 4.57 Å². The lowest BCUT2D eigenvalue weighted by molar-refractivity contribution is 0.590. The lowest BCUT2D eigenvalue weighted by Crippen LogP contribution is -2.56. The Morgan fingerprint density at radius 3 is 2.14 bits per heavy atom. The molecule has 0 bridgehead atoms. The third-order valence-electron chi connectivity index (χ3n) is 7.43. The van der Waals surface area contributed by atoms with Crippen molar-refractivity contribution in [2.24, 2.45) is 0 Å². The molecule has 5 aromatic carbocycles. The van der Waals surface area contributed by atoms with Gasteiger partial charge in [0.25, 0.3) is 0 Å². The first-order chi connectivity index (χ1) is 17.9. The molecule has 0 saturated carbocycles. The number of fused-ring (bicyclic) bond motifs is 6. The molecule has 1 aromatic heterocycles. The van der Waals surface area contributed by atoms with E-state index >= 15 is 0 Å². The smallest absolute Gasteiger partial charge is 0.431 e. The predicted molar refractivity (Wildman–Crippen MR) is 149 cm³/mol. The number of para-hydroxylation sites is 4. The summed E-state index contributed by atoms with van der Waals surface area (Å²) in [5.41, 5.74) is 10.6. The van der Waals surface area contributed by atoms with E-state index in [-0.39, 0.29) is 6.92 Å². The van der Waals surface area contributed by atoms with Crippen molar-refractivity contribution in [1.29, 1.82) is 0 Å². The van der Waals surface area contributed by atoms with Crippen LogP contribution in [0.4, 0.5) is 17.1 Å². The summed E-state index contributed by atoms with van der Waals surface area (Å²) in [7, 11) is 0. The Morgan fingerprint density at radius 1 is 0.611 bits per heavy atom. The molecule has 0 fully saturated rings. The van der Waals surface area contributed by atoms with Crippen LogP contribution >= 0.6 is 0 Å². The Kier molecular flexibility index (Phi) is 4.03. The first kappa shape index (κ1) is 19.6. The lowest BCUT2D eigenvalue weighted by atomic mass is 9.49. The average molecular weight is 460 g/mol. The molecule has 0 radical (unpaired) electrons. The SMILES string of the molecule is c1ccc(N2c3ccccc3B3Oc4ccccc4-c4c3c2cc2c4ccn2-c2ccccc2)cc1. The van der Waals surface area contributed by atoms with Crippen molar-refractivity contribution >= 4 is 45.8 Å². The normalized spacial score (nSPS) is 13.1. The maximum absolute atomic E-state index is 6.76. The van der Waals surface area contributed by atoms with Crippen LogP contribution < -0.4 is 20.5 Å². The molecule has 2 aliphatic heterocycles. The fourth-order valence-corrected chi connectivity index (χ4v) is 5.92. The highest BCUT2D eigenvalue weighted by atomic mass is 16.4. The summed E-state index contributed by atoms with van der Waals surface area (Å²) < 4.78 is 9.05. The van der Waals surface area contributed by atoms with Crippen molar-refractivity contribution in [2.45, 2.75) is 0 Å². The third-order valence-corrected chi connectivity index (χ3v) is 7.43. The Morgan fingerprint density at radius 2 is 1.31 bits per heavy atom. The van der Waals surface area contributed by atoms with E-state index in [9.17, 15) is 0 Å². The maximum atomic E-state index is 6.76. The van der Waals surface area contributed by atoms with Crippen molar-refractivity contribution in [2.75, 3.05) is 4.90 Å². The zero-order valence-corrected chi connectivity index (χ0v) is 19.5. The second-order valence-electron chi connectivity index (χ2n) is 9.36. The van der Waals surface area contributed by atoms with Gasteiger partial charge in [0.2, 0.25) is 0 Å². The minimum Gasteiger partial charge on any atom is -0.551 e. The second-order valence-corrected chi connectivity index (χ2v) is 9.36. The minimum absolute atomic E-state index is 0.162. The molecule has 6 aromatic rings. The fraction of sp³-hybridized carbons (Fsp3) is 0. The molecule has 0 saturated heterocycles. The number of rotatable bonds is 2. The topological polar surface area (TPSA) is 17.4 Å². The van der Waals surface area contributed by atoms with Crippen LogP contribution in [0, 0.1) is 0 Å². The van der Waals surface area contributed by atoms with Gasteiger partial charge in [0, 0.05) is 45.4 Å². The molecule has 0 amide bonds. The van der Waals surface area contributed by atoms with E-state index in [4.69, 9.17) is 4.65 Å². The number of nitrogens with zero attached hydrogens (tertiary/aromatic N) is 2. The summed E-state index contributed by atoms with van der Waals surface area (Å²) in [5.74, 6) is 0.934. The van der Waals surface area contributed by atoms with Gasteiger partial charge in [-0.1, -0.05) is 72.8 Å². The molecule has 3 nitrogen and oxygen atoms in total. The molecule has 2 aliphatic rings. The van der Waals surface area contributed by atoms with Gasteiger partial charge in [-0.3, -0.25) is 0 Å². The Labute approximate surface area is 209 Å². The molecule has 3 heterocycles. The molecule has 168 valence electrons. The van der Waals surface area contributed by atoms with E-state index in [2.05, 4.69) is 137 Å². The van der Waals surface area contributed by atoms with E-state index in [1.807, 2.05) is 0 Å². The lowest BCUT2D eigenvalue weighted by Gasteiger charge is -2.40. The van der Waals surface area contributed by atoms with E-state index in [0.29, 0.717) is 0 Å². The van der Waals surface area contributed by atoms with Gasteiger partial charge in [0.1, 0.15) is 5.75 Å². The van der Waals surface area contributed by atoms with Crippen LogP contribution in [0.25, 0.3) is 27.7 Å². The number of aromatic nitrogens is 1. The quantitative estimate of drug-likeness (QED) is 0.272. The van der Waals surface area contributed by atoms with Crippen LogP contribution in [0.2, 0.25) is 0 Å². The summed E-state index contributed by atoms with van der Waals surface area (Å²) in [6.45, 7) is -0.162. The Hall–Kier alpha value is -4.70. The summed E-state index contributed by atoms with van der Waals surface area (Å²) >= 11 is 0. The largest absolute Gasteiger partial charge is 0.551 e. The summed E-state index contributed by atoms with van der Waals surface area (Å²) in [6.07, 6.45) is 2.19. The van der Waals surface area contributed by atoms with Gasteiger partial charge >= 0.3 is 6.92 Å². The highest BCUT2D eigenvalue weighted by molar-refractivity contribution is 6.86. The van der Waals surface area contributed by atoms with E-state index < -0.39 is 0 Å². The van der Waals surface area contributed by atoms with E-state index in [1.165, 1.54) is 27.4 Å². The molecule has 4 heteroatoms. The molecular formula is C32H21BN2O. The van der Waals surface area contributed by atoms with Crippen LogP contribution in [-0.2, 0) is 0 Å². The van der Waals surface area contributed by atoms with E-state index in [1.54, 1.807) is 0 Å². The van der Waals surface area contributed by atoms with Gasteiger partial charge in [0.15, 0.2) is 0 Å². The number of hydrogen-bond donors (Lipinski definition) is 0. The standard InChI is InChI=1S/C32H21BN2O/c1-3-11-22(12-4-1)34-20-19-24-28(34)21-29-32-31(24)25-15-7-10-18-30(25)36-33(32)26-16-8-9-17-27(26)35(29)23-13-5-2-6-14-23/h1-21H. The van der Waals surface area contributed by atoms with Crippen molar-refractivity contribution in [3.8, 4) is 22.6 Å². The monoisotopic (exact) mass is 460 g/mol. The van der Waals surface area contributed by atoms with Crippen LogP contribution in [-0.4, -0.2) is 11.5 Å². The molecular weight excluding hydrogens is 439 g/mol. The summed E-state index contributed by atoms with van der Waals surface area (Å²) in [6, 6.07) is 42.9. The fourth-order valence-electron chi connectivity index (χ4n) is 5.92. The second kappa shape index (κ2) is 7.40. The van der Waals surface area contributed by atoms with Crippen molar-refractivity contribution in [3.63, 3.8) is 0 Å². The summed E-state index contributed by atoms with van der Waals surface area (Å²) in [4.78, 5) is 2.39. The number of anilines is 3. The Bertz CT molecular complexity index is 1780. The average Bonchev–Trinajstić information content (AvgIpc) is 3.38. The zero-order valence-electron chi connectivity index (χ0n) is 19.5. The molecule has 0 unspecified atom stereocenters. The maximum Gasteiger partial charge on any atom is 0.431 e. The minimum atomic E-state index is -0.162. The van der Waals surface area contributed by atoms with Crippen LogP contribution in [0.1, 0.15) is 0 Å². The first-order valence-corrected chi connectivity index (χ1v) is 12.3. The zero-order chi connectivity index (χ0) is 23.6. The van der Waals surface area contributed by atoms with Gasteiger partial charge < -0.3 is 14.1 Å². The predicted octanol–water partition coefficient (Wildman–Crippen LogP) is 6.58. The number of benzene rings is 5. The highest BCUT2D eigenvalue weighted by Crippen LogP contribution is 2.46. The highest BCUT2D eigenvalue weighted by Gasteiger charge is 2.43. The molecule has 0 spiro atoms. The summed E-state index contributed by atoms with van der Waals surface area (Å²) in [5, 5.41) is 1.24. The Balaban J connectivity index is 1.53. The number of hydrogen-bond acceptors (Lipinski definition) is 2. The molecule has 36 heavy (non-hydrogen) atoms. The van der Waals surface area contributed by atoms with Crippen molar-refractivity contribution < 1.29 is 4.65 Å². The third kappa shape index (κ3) is 2.64. The molecule has 0 aliphatic carbocycles. The van der Waals surface area contributed by atoms with Crippen molar-refractivity contribution in [3.05, 3.63) is 128 Å². The van der Waals surface area contributed by atoms with E-state index in [0.717, 1.165) is 34.1 Å². The molecule has 8 rings (SSSR count). The van der Waals surface area contributed by atoms with Gasteiger partial charge in [0.05, 0.1) is 5.52 Å². The van der Waals surface area contributed by atoms with Gasteiger partial charge in [-0.05, 0) is 59.6 Å². The first-order valence-electron chi connectivity index (χ1n) is 12.3. The molecule has 0 N–H and O–H groups in total. The van der Waals surface area contributed by atoms with Crippen LogP contribution in [0.15, 0.2) is 128 Å². The van der Waals surface area contributed by atoms with Gasteiger partial charge in [-0.2, -0.15) is 0 Å². The van der Waals surface area contributed by atoms with Gasteiger partial charge in [-0.25, -0.2) is 0 Å².